The van der Waals surface area contributed by atoms with Gasteiger partial charge < -0.3 is 15.0 Å². The van der Waals surface area contributed by atoms with E-state index in [9.17, 15) is 4.79 Å². The molecule has 0 spiro atoms. The first kappa shape index (κ1) is 17.7. The molecule has 0 aromatic heterocycles. The standard InChI is InChI=1S/C19H27BrN2O2/c1-19(2,3)24-18(23)22-10-8-15(9-11-22)21-17-12-16(17)13-4-6-14(20)7-5-13/h4-7,15-17,21H,8-12H2,1-3H3/t16-,17+/m0/s1. The van der Waals surface area contributed by atoms with Gasteiger partial charge in [-0.1, -0.05) is 28.1 Å². The van der Waals surface area contributed by atoms with Crippen molar-refractivity contribution in [1.82, 2.24) is 10.2 Å². The van der Waals surface area contributed by atoms with Crippen molar-refractivity contribution in [2.75, 3.05) is 13.1 Å². The molecular weight excluding hydrogens is 368 g/mol. The fourth-order valence-corrected chi connectivity index (χ4v) is 3.58. The molecule has 2 aliphatic rings. The van der Waals surface area contributed by atoms with E-state index in [4.69, 9.17) is 4.74 Å². The number of carbonyl (C=O) groups is 1. The van der Waals surface area contributed by atoms with Crippen LogP contribution in [0.25, 0.3) is 0 Å². The zero-order valence-electron chi connectivity index (χ0n) is 14.7. The molecule has 1 heterocycles. The second-order valence-electron chi connectivity index (χ2n) is 7.91. The predicted octanol–water partition coefficient (Wildman–Crippen LogP) is 4.29. The highest BCUT2D eigenvalue weighted by Crippen LogP contribution is 2.41. The summed E-state index contributed by atoms with van der Waals surface area (Å²) in [5.74, 6) is 0.641. The number of amides is 1. The largest absolute Gasteiger partial charge is 0.444 e. The van der Waals surface area contributed by atoms with Gasteiger partial charge in [0.15, 0.2) is 0 Å². The molecule has 2 atom stereocenters. The third-order valence-electron chi connectivity index (χ3n) is 4.69. The predicted molar refractivity (Wildman–Crippen MR) is 99.3 cm³/mol. The number of carbonyl (C=O) groups excluding carboxylic acids is 1. The second-order valence-corrected chi connectivity index (χ2v) is 8.82. The summed E-state index contributed by atoms with van der Waals surface area (Å²) in [5, 5.41) is 3.77. The van der Waals surface area contributed by atoms with Crippen LogP contribution < -0.4 is 5.32 Å². The SMILES string of the molecule is CC(C)(C)OC(=O)N1CCC(N[C@@H]2C[C@H]2c2ccc(Br)cc2)CC1. The van der Waals surface area contributed by atoms with E-state index in [1.54, 1.807) is 0 Å². The lowest BCUT2D eigenvalue weighted by Gasteiger charge is -2.34. The summed E-state index contributed by atoms with van der Waals surface area (Å²) in [6.45, 7) is 7.29. The van der Waals surface area contributed by atoms with Gasteiger partial charge in [-0.2, -0.15) is 0 Å². The first-order valence-corrected chi connectivity index (χ1v) is 9.60. The van der Waals surface area contributed by atoms with E-state index in [2.05, 4.69) is 45.5 Å². The zero-order valence-corrected chi connectivity index (χ0v) is 16.3. The Kier molecular flexibility index (Phi) is 5.21. The Morgan fingerprint density at radius 2 is 1.83 bits per heavy atom. The molecule has 1 saturated carbocycles. The molecule has 1 aliphatic heterocycles. The van der Waals surface area contributed by atoms with Crippen LogP contribution in [0.2, 0.25) is 0 Å². The molecule has 1 amide bonds. The second kappa shape index (κ2) is 7.04. The summed E-state index contributed by atoms with van der Waals surface area (Å²) in [5.41, 5.74) is 1.000. The van der Waals surface area contributed by atoms with Gasteiger partial charge in [0.2, 0.25) is 0 Å². The number of likely N-dealkylation sites (tertiary alicyclic amines) is 1. The van der Waals surface area contributed by atoms with Crippen LogP contribution in [0.5, 0.6) is 0 Å². The quantitative estimate of drug-likeness (QED) is 0.830. The first-order chi connectivity index (χ1) is 11.3. The van der Waals surface area contributed by atoms with Crippen LogP contribution in [0.15, 0.2) is 28.7 Å². The monoisotopic (exact) mass is 394 g/mol. The average Bonchev–Trinajstić information content (AvgIpc) is 3.26. The maximum atomic E-state index is 12.1. The fraction of sp³-hybridized carbons (Fsp3) is 0.632. The summed E-state index contributed by atoms with van der Waals surface area (Å²) in [6, 6.07) is 9.75. The van der Waals surface area contributed by atoms with E-state index in [0.29, 0.717) is 18.0 Å². The number of rotatable bonds is 3. The van der Waals surface area contributed by atoms with Gasteiger partial charge in [0.05, 0.1) is 0 Å². The van der Waals surface area contributed by atoms with Crippen LogP contribution in [0.4, 0.5) is 4.79 Å². The molecule has 1 N–H and O–H groups in total. The third-order valence-corrected chi connectivity index (χ3v) is 5.21. The van der Waals surface area contributed by atoms with E-state index < -0.39 is 5.60 Å². The number of nitrogens with zero attached hydrogens (tertiary/aromatic N) is 1. The third kappa shape index (κ3) is 4.73. The minimum absolute atomic E-state index is 0.180. The molecule has 5 heteroatoms. The number of hydrogen-bond donors (Lipinski definition) is 1. The molecule has 4 nitrogen and oxygen atoms in total. The van der Waals surface area contributed by atoms with Gasteiger partial charge in [0.25, 0.3) is 0 Å². The van der Waals surface area contributed by atoms with E-state index in [1.165, 1.54) is 12.0 Å². The summed E-state index contributed by atoms with van der Waals surface area (Å²) in [7, 11) is 0. The molecule has 1 aliphatic carbocycles. The average molecular weight is 395 g/mol. The highest BCUT2D eigenvalue weighted by Gasteiger charge is 2.40. The minimum atomic E-state index is -0.419. The number of piperidine rings is 1. The van der Waals surface area contributed by atoms with Crippen LogP contribution in [0.1, 0.15) is 51.5 Å². The minimum Gasteiger partial charge on any atom is -0.444 e. The summed E-state index contributed by atoms with van der Waals surface area (Å²) < 4.78 is 6.58. The lowest BCUT2D eigenvalue weighted by Crippen LogP contribution is -2.47. The van der Waals surface area contributed by atoms with Crippen molar-refractivity contribution >= 4 is 22.0 Å². The lowest BCUT2D eigenvalue weighted by atomic mass is 10.0. The molecule has 3 rings (SSSR count). The van der Waals surface area contributed by atoms with Crippen LogP contribution in [-0.4, -0.2) is 41.8 Å². The maximum Gasteiger partial charge on any atom is 0.410 e. The Balaban J connectivity index is 1.42. The molecule has 132 valence electrons. The van der Waals surface area contributed by atoms with Crippen molar-refractivity contribution < 1.29 is 9.53 Å². The van der Waals surface area contributed by atoms with Crippen molar-refractivity contribution in [2.24, 2.45) is 0 Å². The lowest BCUT2D eigenvalue weighted by molar-refractivity contribution is 0.0198. The van der Waals surface area contributed by atoms with Crippen LogP contribution >= 0.6 is 15.9 Å². The molecule has 1 aromatic carbocycles. The molecule has 2 fully saturated rings. The Morgan fingerprint density at radius 1 is 1.21 bits per heavy atom. The first-order valence-electron chi connectivity index (χ1n) is 8.81. The summed E-state index contributed by atoms with van der Waals surface area (Å²) >= 11 is 3.49. The van der Waals surface area contributed by atoms with Crippen LogP contribution in [-0.2, 0) is 4.74 Å². The van der Waals surface area contributed by atoms with Gasteiger partial charge in [-0.05, 0) is 57.7 Å². The highest BCUT2D eigenvalue weighted by molar-refractivity contribution is 9.10. The Morgan fingerprint density at radius 3 is 2.42 bits per heavy atom. The van der Waals surface area contributed by atoms with Gasteiger partial charge in [-0.3, -0.25) is 0 Å². The van der Waals surface area contributed by atoms with Crippen LogP contribution in [0.3, 0.4) is 0 Å². The van der Waals surface area contributed by atoms with E-state index >= 15 is 0 Å². The van der Waals surface area contributed by atoms with Crippen molar-refractivity contribution in [1.29, 1.82) is 0 Å². The fourth-order valence-electron chi connectivity index (χ4n) is 3.32. The number of halogens is 1. The molecule has 1 aromatic rings. The van der Waals surface area contributed by atoms with Gasteiger partial charge >= 0.3 is 6.09 Å². The summed E-state index contributed by atoms with van der Waals surface area (Å²) in [6.07, 6.45) is 3.04. The molecule has 0 bridgehead atoms. The van der Waals surface area contributed by atoms with Gasteiger partial charge in [0.1, 0.15) is 5.60 Å². The van der Waals surface area contributed by atoms with Crippen LogP contribution in [0, 0.1) is 0 Å². The number of hydrogen-bond acceptors (Lipinski definition) is 3. The zero-order chi connectivity index (χ0) is 17.3. The number of benzene rings is 1. The van der Waals surface area contributed by atoms with E-state index in [-0.39, 0.29) is 6.09 Å². The van der Waals surface area contributed by atoms with Crippen molar-refractivity contribution in [3.05, 3.63) is 34.3 Å². The smallest absolute Gasteiger partial charge is 0.410 e. The Bertz CT molecular complexity index is 574. The highest BCUT2D eigenvalue weighted by atomic mass is 79.9. The Labute approximate surface area is 153 Å². The Hall–Kier alpha value is -1.07. The van der Waals surface area contributed by atoms with Crippen molar-refractivity contribution in [2.45, 2.75) is 63.6 Å². The number of ether oxygens (including phenoxy) is 1. The molecular formula is C19H27BrN2O2. The van der Waals surface area contributed by atoms with Crippen molar-refractivity contribution in [3.63, 3.8) is 0 Å². The van der Waals surface area contributed by atoms with Gasteiger partial charge in [-0.15, -0.1) is 0 Å². The van der Waals surface area contributed by atoms with Crippen molar-refractivity contribution in [3.8, 4) is 0 Å². The maximum absolute atomic E-state index is 12.1. The topological polar surface area (TPSA) is 41.6 Å². The van der Waals surface area contributed by atoms with E-state index in [0.717, 1.165) is 30.4 Å². The summed E-state index contributed by atoms with van der Waals surface area (Å²) in [4.78, 5) is 13.9. The van der Waals surface area contributed by atoms with E-state index in [1.807, 2.05) is 25.7 Å². The number of nitrogens with one attached hydrogen (secondary N) is 1. The normalized spacial score (nSPS) is 24.8. The van der Waals surface area contributed by atoms with Gasteiger partial charge in [0, 0.05) is 35.6 Å². The van der Waals surface area contributed by atoms with Gasteiger partial charge in [-0.25, -0.2) is 4.79 Å². The molecule has 0 unspecified atom stereocenters. The molecule has 24 heavy (non-hydrogen) atoms. The molecule has 0 radical (unpaired) electrons. The molecule has 1 saturated heterocycles.